The molecule has 5 heteroatoms. The lowest BCUT2D eigenvalue weighted by Gasteiger charge is -2.11. The zero-order valence-corrected chi connectivity index (χ0v) is 14.8. The third kappa shape index (κ3) is 5.36. The molecule has 1 heterocycles. The van der Waals surface area contributed by atoms with Crippen molar-refractivity contribution in [3.63, 3.8) is 0 Å². The molecule has 0 aromatic heterocycles. The second kappa shape index (κ2) is 9.06. The molecule has 1 atom stereocenters. The van der Waals surface area contributed by atoms with E-state index in [-0.39, 0.29) is 12.0 Å². The van der Waals surface area contributed by atoms with Crippen molar-refractivity contribution in [3.8, 4) is 11.5 Å². The summed E-state index contributed by atoms with van der Waals surface area (Å²) in [5, 5.41) is 2.83. The minimum Gasteiger partial charge on any atom is -0.497 e. The van der Waals surface area contributed by atoms with Gasteiger partial charge in [0.25, 0.3) is 0 Å². The van der Waals surface area contributed by atoms with Crippen LogP contribution in [0.2, 0.25) is 0 Å². The van der Waals surface area contributed by atoms with Crippen LogP contribution in [-0.2, 0) is 9.53 Å². The first-order valence-electron chi connectivity index (χ1n) is 8.70. The van der Waals surface area contributed by atoms with Gasteiger partial charge < -0.3 is 19.5 Å². The average molecular weight is 353 g/mol. The predicted molar refractivity (Wildman–Crippen MR) is 102 cm³/mol. The fraction of sp³-hybridized carbons (Fsp3) is 0.286. The van der Waals surface area contributed by atoms with Gasteiger partial charge in [0, 0.05) is 18.4 Å². The maximum absolute atomic E-state index is 12.0. The number of benzene rings is 2. The molecule has 1 N–H and O–H groups in total. The number of nitrogens with one attached hydrogen (secondary N) is 1. The summed E-state index contributed by atoms with van der Waals surface area (Å²) in [6, 6.07) is 14.8. The Hall–Kier alpha value is -2.79. The van der Waals surface area contributed by atoms with Crippen molar-refractivity contribution < 1.29 is 19.0 Å². The molecule has 1 saturated heterocycles. The summed E-state index contributed by atoms with van der Waals surface area (Å²) in [4.78, 5) is 12.0. The number of carbonyl (C=O) groups excluding carboxylic acids is 1. The first kappa shape index (κ1) is 18.0. The molecule has 0 spiro atoms. The van der Waals surface area contributed by atoms with E-state index in [4.69, 9.17) is 14.2 Å². The number of ether oxygens (including phenoxy) is 3. The highest BCUT2D eigenvalue weighted by Crippen LogP contribution is 2.18. The fourth-order valence-corrected chi connectivity index (χ4v) is 2.67. The van der Waals surface area contributed by atoms with Gasteiger partial charge in [-0.2, -0.15) is 0 Å². The van der Waals surface area contributed by atoms with Crippen LogP contribution in [0.5, 0.6) is 11.5 Å². The van der Waals surface area contributed by atoms with Gasteiger partial charge in [0.15, 0.2) is 0 Å². The lowest BCUT2D eigenvalue weighted by Crippen LogP contribution is -2.16. The van der Waals surface area contributed by atoms with Crippen molar-refractivity contribution in [1.82, 2.24) is 0 Å². The van der Waals surface area contributed by atoms with Crippen molar-refractivity contribution in [2.75, 3.05) is 25.6 Å². The molecule has 1 aliphatic heterocycles. The Bertz CT molecular complexity index is 732. The largest absolute Gasteiger partial charge is 0.497 e. The molecule has 5 nitrogen and oxygen atoms in total. The van der Waals surface area contributed by atoms with Crippen LogP contribution in [0, 0.1) is 0 Å². The Balaban J connectivity index is 1.47. The monoisotopic (exact) mass is 353 g/mol. The minimum absolute atomic E-state index is 0.186. The average Bonchev–Trinajstić information content (AvgIpc) is 3.20. The maximum atomic E-state index is 12.0. The van der Waals surface area contributed by atoms with E-state index >= 15 is 0 Å². The fourth-order valence-electron chi connectivity index (χ4n) is 2.67. The molecule has 2 aromatic rings. The van der Waals surface area contributed by atoms with Gasteiger partial charge in [0.1, 0.15) is 18.1 Å². The summed E-state index contributed by atoms with van der Waals surface area (Å²) in [6.07, 6.45) is 5.60. The maximum Gasteiger partial charge on any atom is 0.248 e. The van der Waals surface area contributed by atoms with Gasteiger partial charge in [-0.3, -0.25) is 4.79 Å². The van der Waals surface area contributed by atoms with E-state index in [1.807, 2.05) is 48.5 Å². The molecule has 26 heavy (non-hydrogen) atoms. The quantitative estimate of drug-likeness (QED) is 0.767. The zero-order chi connectivity index (χ0) is 18.2. The van der Waals surface area contributed by atoms with E-state index in [0.29, 0.717) is 6.61 Å². The summed E-state index contributed by atoms with van der Waals surface area (Å²) in [5.41, 5.74) is 1.65. The summed E-state index contributed by atoms with van der Waals surface area (Å²) in [7, 11) is 1.62. The lowest BCUT2D eigenvalue weighted by atomic mass is 10.2. The van der Waals surface area contributed by atoms with Crippen molar-refractivity contribution in [3.05, 3.63) is 60.2 Å². The zero-order valence-electron chi connectivity index (χ0n) is 14.8. The van der Waals surface area contributed by atoms with Crippen LogP contribution in [0.1, 0.15) is 18.4 Å². The van der Waals surface area contributed by atoms with E-state index in [9.17, 15) is 4.79 Å². The molecule has 1 aliphatic rings. The molecule has 0 saturated carbocycles. The number of rotatable bonds is 7. The number of carbonyl (C=O) groups is 1. The highest BCUT2D eigenvalue weighted by Gasteiger charge is 2.15. The van der Waals surface area contributed by atoms with Crippen LogP contribution in [0.25, 0.3) is 6.08 Å². The Morgan fingerprint density at radius 3 is 2.54 bits per heavy atom. The van der Waals surface area contributed by atoms with E-state index in [1.54, 1.807) is 13.2 Å². The van der Waals surface area contributed by atoms with Crippen LogP contribution in [-0.4, -0.2) is 32.3 Å². The Labute approximate surface area is 153 Å². The van der Waals surface area contributed by atoms with E-state index in [1.165, 1.54) is 6.08 Å². The first-order chi connectivity index (χ1) is 12.7. The summed E-state index contributed by atoms with van der Waals surface area (Å²) < 4.78 is 16.4. The van der Waals surface area contributed by atoms with Crippen LogP contribution < -0.4 is 14.8 Å². The second-order valence-corrected chi connectivity index (χ2v) is 6.07. The van der Waals surface area contributed by atoms with E-state index in [2.05, 4.69) is 5.32 Å². The van der Waals surface area contributed by atoms with Gasteiger partial charge in [-0.15, -0.1) is 0 Å². The van der Waals surface area contributed by atoms with Crippen molar-refractivity contribution >= 4 is 17.7 Å². The highest BCUT2D eigenvalue weighted by molar-refractivity contribution is 6.01. The Morgan fingerprint density at radius 2 is 1.88 bits per heavy atom. The van der Waals surface area contributed by atoms with Crippen molar-refractivity contribution in [2.45, 2.75) is 18.9 Å². The predicted octanol–water partition coefficient (Wildman–Crippen LogP) is 3.90. The molecule has 1 fully saturated rings. The second-order valence-electron chi connectivity index (χ2n) is 6.07. The molecule has 0 aliphatic carbocycles. The van der Waals surface area contributed by atoms with Gasteiger partial charge in [0.05, 0.1) is 13.2 Å². The number of methoxy groups -OCH3 is 1. The van der Waals surface area contributed by atoms with Gasteiger partial charge in [-0.05, 0) is 60.9 Å². The smallest absolute Gasteiger partial charge is 0.248 e. The number of amides is 1. The van der Waals surface area contributed by atoms with Gasteiger partial charge in [-0.1, -0.05) is 12.1 Å². The SMILES string of the molecule is COc1ccc(/C=C/C(=O)Nc2ccc(OCC3CCCO3)cc2)cc1. The molecule has 0 radical (unpaired) electrons. The molecule has 136 valence electrons. The van der Waals surface area contributed by atoms with Gasteiger partial charge in [0.2, 0.25) is 5.91 Å². The number of hydrogen-bond acceptors (Lipinski definition) is 4. The van der Waals surface area contributed by atoms with Crippen LogP contribution in [0.3, 0.4) is 0 Å². The molecular formula is C21H23NO4. The van der Waals surface area contributed by atoms with Crippen molar-refractivity contribution in [2.24, 2.45) is 0 Å². The van der Waals surface area contributed by atoms with E-state index in [0.717, 1.165) is 42.2 Å². The summed E-state index contributed by atoms with van der Waals surface area (Å²) in [5.74, 6) is 1.37. The van der Waals surface area contributed by atoms with Crippen molar-refractivity contribution in [1.29, 1.82) is 0 Å². The van der Waals surface area contributed by atoms with Gasteiger partial charge >= 0.3 is 0 Å². The number of hydrogen-bond donors (Lipinski definition) is 1. The molecule has 0 bridgehead atoms. The normalized spacial score (nSPS) is 16.6. The lowest BCUT2D eigenvalue weighted by molar-refractivity contribution is -0.111. The minimum atomic E-state index is -0.186. The molecular weight excluding hydrogens is 330 g/mol. The molecule has 3 rings (SSSR count). The summed E-state index contributed by atoms with van der Waals surface area (Å²) >= 11 is 0. The number of anilines is 1. The van der Waals surface area contributed by atoms with Crippen LogP contribution in [0.4, 0.5) is 5.69 Å². The topological polar surface area (TPSA) is 56.8 Å². The molecule has 2 aromatic carbocycles. The highest BCUT2D eigenvalue weighted by atomic mass is 16.5. The van der Waals surface area contributed by atoms with Gasteiger partial charge in [-0.25, -0.2) is 0 Å². The van der Waals surface area contributed by atoms with Crippen LogP contribution in [0.15, 0.2) is 54.6 Å². The van der Waals surface area contributed by atoms with Crippen LogP contribution >= 0.6 is 0 Å². The Morgan fingerprint density at radius 1 is 1.15 bits per heavy atom. The van der Waals surface area contributed by atoms with E-state index < -0.39 is 0 Å². The Kier molecular flexibility index (Phi) is 6.28. The first-order valence-corrected chi connectivity index (χ1v) is 8.70. The third-order valence-electron chi connectivity index (χ3n) is 4.12. The summed E-state index contributed by atoms with van der Waals surface area (Å²) in [6.45, 7) is 1.39. The standard InChI is InChI=1S/C21H23NO4/c1-24-18-9-4-16(5-10-18)6-13-21(23)22-17-7-11-19(12-8-17)26-15-20-3-2-14-25-20/h4-13,20H,2-3,14-15H2,1H3,(H,22,23)/b13-6+. The third-order valence-corrected chi connectivity index (χ3v) is 4.12. The molecule has 1 unspecified atom stereocenters. The molecule has 1 amide bonds.